The van der Waals surface area contributed by atoms with Crippen molar-refractivity contribution in [1.29, 1.82) is 0 Å². The predicted molar refractivity (Wildman–Crippen MR) is 125 cm³/mol. The minimum absolute atomic E-state index is 0.165. The maximum atomic E-state index is 13.5. The lowest BCUT2D eigenvalue weighted by Crippen LogP contribution is -2.10. The van der Waals surface area contributed by atoms with Gasteiger partial charge in [0.05, 0.1) is 41.1 Å². The molecule has 0 radical (unpaired) electrons. The van der Waals surface area contributed by atoms with Crippen LogP contribution >= 0.6 is 0 Å². The van der Waals surface area contributed by atoms with E-state index in [9.17, 15) is 9.90 Å². The summed E-state index contributed by atoms with van der Waals surface area (Å²) in [7, 11) is 7.60. The summed E-state index contributed by atoms with van der Waals surface area (Å²) in [5.74, 6) is 2.16. The molecule has 0 saturated heterocycles. The van der Waals surface area contributed by atoms with Crippen LogP contribution < -0.4 is 23.7 Å². The molecule has 5 rings (SSSR count). The Morgan fingerprint density at radius 3 is 1.91 bits per heavy atom. The van der Waals surface area contributed by atoms with Crippen molar-refractivity contribution in [2.45, 2.75) is 0 Å². The fraction of sp³-hybridized carbons (Fsp3) is 0.192. The number of methoxy groups -OCH3 is 5. The molecule has 1 aliphatic rings. The highest BCUT2D eigenvalue weighted by Crippen LogP contribution is 2.52. The van der Waals surface area contributed by atoms with Gasteiger partial charge in [-0.15, -0.1) is 0 Å². The van der Waals surface area contributed by atoms with Crippen LogP contribution in [0.15, 0.2) is 40.8 Å². The SMILES string of the molecule is COc1cc(O)c2c(c1)-c1c(-c3cc(OC)c(OC)c(OC)c3)oc3cc(OC)cc(c13)C2=O. The molecule has 8 nitrogen and oxygen atoms in total. The lowest BCUT2D eigenvalue weighted by Gasteiger charge is -2.19. The van der Waals surface area contributed by atoms with E-state index in [4.69, 9.17) is 28.1 Å². The number of hydrogen-bond donors (Lipinski definition) is 1. The molecule has 174 valence electrons. The van der Waals surface area contributed by atoms with E-state index in [0.717, 1.165) is 0 Å². The van der Waals surface area contributed by atoms with E-state index in [1.54, 1.807) is 30.3 Å². The van der Waals surface area contributed by atoms with Crippen molar-refractivity contribution in [3.05, 3.63) is 47.5 Å². The van der Waals surface area contributed by atoms with Crippen LogP contribution in [0, 0.1) is 0 Å². The van der Waals surface area contributed by atoms with E-state index in [1.165, 1.54) is 41.6 Å². The molecule has 0 bridgehead atoms. The molecular formula is C26H22O8. The largest absolute Gasteiger partial charge is 0.507 e. The molecule has 0 saturated carbocycles. The Balaban J connectivity index is 1.92. The van der Waals surface area contributed by atoms with Gasteiger partial charge in [0.25, 0.3) is 0 Å². The molecule has 1 heterocycles. The van der Waals surface area contributed by atoms with E-state index < -0.39 is 0 Å². The van der Waals surface area contributed by atoms with Crippen LogP contribution in [0.3, 0.4) is 0 Å². The Labute approximate surface area is 195 Å². The Bertz CT molecular complexity index is 1440. The third kappa shape index (κ3) is 2.95. The van der Waals surface area contributed by atoms with E-state index in [0.29, 0.717) is 67.7 Å². The first-order chi connectivity index (χ1) is 16.4. The molecule has 0 spiro atoms. The van der Waals surface area contributed by atoms with Gasteiger partial charge >= 0.3 is 0 Å². The number of rotatable bonds is 6. The predicted octanol–water partition coefficient (Wildman–Crippen LogP) is 5.06. The molecule has 3 aromatic carbocycles. The highest BCUT2D eigenvalue weighted by Gasteiger charge is 2.34. The van der Waals surface area contributed by atoms with Gasteiger partial charge in [0.1, 0.15) is 28.6 Å². The zero-order valence-corrected chi connectivity index (χ0v) is 19.3. The summed E-state index contributed by atoms with van der Waals surface area (Å²) in [5.41, 5.74) is 2.79. The summed E-state index contributed by atoms with van der Waals surface area (Å²) < 4.78 is 33.6. The first kappa shape index (κ1) is 21.5. The van der Waals surface area contributed by atoms with E-state index in [1.807, 2.05) is 0 Å². The minimum atomic E-state index is -0.330. The van der Waals surface area contributed by atoms with Gasteiger partial charge in [-0.1, -0.05) is 0 Å². The third-order valence-electron chi connectivity index (χ3n) is 6.00. The van der Waals surface area contributed by atoms with E-state index in [-0.39, 0.29) is 17.1 Å². The molecule has 1 aromatic heterocycles. The van der Waals surface area contributed by atoms with Crippen molar-refractivity contribution in [1.82, 2.24) is 0 Å². The average Bonchev–Trinajstić information content (AvgIpc) is 3.25. The summed E-state index contributed by atoms with van der Waals surface area (Å²) in [6.45, 7) is 0. The number of hydrogen-bond acceptors (Lipinski definition) is 8. The second kappa shape index (κ2) is 7.91. The highest BCUT2D eigenvalue weighted by molar-refractivity contribution is 6.28. The third-order valence-corrected chi connectivity index (χ3v) is 6.00. The second-order valence-corrected chi connectivity index (χ2v) is 7.67. The summed E-state index contributed by atoms with van der Waals surface area (Å²) in [5, 5.41) is 11.4. The zero-order valence-electron chi connectivity index (χ0n) is 19.3. The number of furan rings is 1. The van der Waals surface area contributed by atoms with Crippen molar-refractivity contribution >= 4 is 16.8 Å². The molecule has 8 heteroatoms. The number of ketones is 1. The number of aromatic hydroxyl groups is 1. The molecule has 0 aliphatic heterocycles. The normalized spacial score (nSPS) is 11.9. The van der Waals surface area contributed by atoms with Crippen LogP contribution in [-0.4, -0.2) is 46.4 Å². The van der Waals surface area contributed by atoms with Gasteiger partial charge in [0.15, 0.2) is 17.3 Å². The topological polar surface area (TPSA) is 96.6 Å². The van der Waals surface area contributed by atoms with Crippen molar-refractivity contribution in [2.75, 3.05) is 35.5 Å². The first-order valence-electron chi connectivity index (χ1n) is 10.4. The minimum Gasteiger partial charge on any atom is -0.507 e. The second-order valence-electron chi connectivity index (χ2n) is 7.67. The quantitative estimate of drug-likeness (QED) is 0.374. The molecule has 0 atom stereocenters. The lowest BCUT2D eigenvalue weighted by atomic mass is 9.83. The number of phenols is 1. The maximum Gasteiger partial charge on any atom is 0.203 e. The monoisotopic (exact) mass is 462 g/mol. The van der Waals surface area contributed by atoms with Crippen molar-refractivity contribution in [3.63, 3.8) is 0 Å². The molecule has 0 unspecified atom stereocenters. The van der Waals surface area contributed by atoms with Crippen LogP contribution in [0.2, 0.25) is 0 Å². The Kier molecular flexibility index (Phi) is 5.01. The van der Waals surface area contributed by atoms with Gasteiger partial charge in [0, 0.05) is 39.8 Å². The summed E-state index contributed by atoms with van der Waals surface area (Å²) in [6.07, 6.45) is 0. The smallest absolute Gasteiger partial charge is 0.203 e. The van der Waals surface area contributed by atoms with Crippen LogP contribution in [0.1, 0.15) is 15.9 Å². The lowest BCUT2D eigenvalue weighted by molar-refractivity contribution is 0.103. The first-order valence-corrected chi connectivity index (χ1v) is 10.4. The van der Waals surface area contributed by atoms with Gasteiger partial charge in [-0.3, -0.25) is 4.79 Å². The zero-order chi connectivity index (χ0) is 24.1. The fourth-order valence-corrected chi connectivity index (χ4v) is 4.46. The molecule has 1 N–H and O–H groups in total. The van der Waals surface area contributed by atoms with Gasteiger partial charge in [-0.2, -0.15) is 0 Å². The number of carbonyl (C=O) groups is 1. The van der Waals surface area contributed by atoms with Crippen molar-refractivity contribution in [2.24, 2.45) is 0 Å². The Morgan fingerprint density at radius 2 is 1.32 bits per heavy atom. The van der Waals surface area contributed by atoms with E-state index >= 15 is 0 Å². The molecule has 0 fully saturated rings. The van der Waals surface area contributed by atoms with Gasteiger partial charge in [-0.25, -0.2) is 0 Å². The van der Waals surface area contributed by atoms with Crippen LogP contribution in [-0.2, 0) is 0 Å². The van der Waals surface area contributed by atoms with Gasteiger partial charge in [0.2, 0.25) is 5.75 Å². The molecular weight excluding hydrogens is 440 g/mol. The van der Waals surface area contributed by atoms with E-state index in [2.05, 4.69) is 0 Å². The number of phenolic OH excluding ortho intramolecular Hbond substituents is 1. The summed E-state index contributed by atoms with van der Waals surface area (Å²) in [4.78, 5) is 13.5. The molecule has 34 heavy (non-hydrogen) atoms. The summed E-state index contributed by atoms with van der Waals surface area (Å²) >= 11 is 0. The number of ether oxygens (including phenoxy) is 5. The van der Waals surface area contributed by atoms with Crippen LogP contribution in [0.5, 0.6) is 34.5 Å². The Morgan fingerprint density at radius 1 is 0.706 bits per heavy atom. The molecule has 0 amide bonds. The standard InChI is InChI=1S/C26H22O8/c1-29-13-8-15-21(17(27)10-13)24(28)16-9-14(30-2)11-18-22(16)23(15)25(34-18)12-6-19(31-3)26(33-5)20(7-12)32-4/h6-11,27H,1-5H3. The van der Waals surface area contributed by atoms with Crippen molar-refractivity contribution in [3.8, 4) is 56.9 Å². The highest BCUT2D eigenvalue weighted by atomic mass is 16.5. The van der Waals surface area contributed by atoms with Gasteiger partial charge < -0.3 is 33.2 Å². The molecule has 4 aromatic rings. The van der Waals surface area contributed by atoms with Crippen LogP contribution in [0.25, 0.3) is 33.4 Å². The fourth-order valence-electron chi connectivity index (χ4n) is 4.46. The molecule has 1 aliphatic carbocycles. The van der Waals surface area contributed by atoms with Gasteiger partial charge in [-0.05, 0) is 24.3 Å². The summed E-state index contributed by atoms with van der Waals surface area (Å²) in [6, 6.07) is 10.0. The number of carbonyl (C=O) groups excluding carboxylic acids is 1. The van der Waals surface area contributed by atoms with Crippen molar-refractivity contribution < 1.29 is 38.0 Å². The number of benzene rings is 3. The van der Waals surface area contributed by atoms with Crippen LogP contribution in [0.4, 0.5) is 0 Å². The Hall–Kier alpha value is -4.33. The maximum absolute atomic E-state index is 13.5. The average molecular weight is 462 g/mol. The number of fused-ring (bicyclic) bond motifs is 2.